The first-order chi connectivity index (χ1) is 9.35. The molecule has 0 spiro atoms. The van der Waals surface area contributed by atoms with Crippen molar-refractivity contribution in [2.75, 3.05) is 20.7 Å². The van der Waals surface area contributed by atoms with Gasteiger partial charge in [0.05, 0.1) is 20.0 Å². The molecule has 0 aliphatic heterocycles. The summed E-state index contributed by atoms with van der Waals surface area (Å²) in [5.74, 6) is -0.503. The summed E-state index contributed by atoms with van der Waals surface area (Å²) in [7, 11) is 2.93. The van der Waals surface area contributed by atoms with Crippen LogP contribution in [0.5, 0.6) is 0 Å². The summed E-state index contributed by atoms with van der Waals surface area (Å²) in [6, 6.07) is 0. The van der Waals surface area contributed by atoms with E-state index in [0.29, 0.717) is 23.5 Å². The summed E-state index contributed by atoms with van der Waals surface area (Å²) in [4.78, 5) is 42.1. The number of esters is 1. The lowest BCUT2D eigenvalue weighted by molar-refractivity contribution is -0.141. The van der Waals surface area contributed by atoms with Crippen LogP contribution in [0.2, 0.25) is 0 Å². The molecule has 7 nitrogen and oxygen atoms in total. The van der Waals surface area contributed by atoms with Gasteiger partial charge in [0.25, 0.3) is 0 Å². The highest BCUT2D eigenvalue weighted by molar-refractivity contribution is 5.79. The maximum Gasteiger partial charge on any atom is 0.345 e. The molecule has 0 aromatic carbocycles. The molecule has 0 unspecified atom stereocenters. The Morgan fingerprint density at radius 3 is 2.55 bits per heavy atom. The van der Waals surface area contributed by atoms with E-state index < -0.39 is 5.69 Å². The smallest absolute Gasteiger partial charge is 0.345 e. The number of ether oxygens (including phenoxy) is 1. The quantitative estimate of drug-likeness (QED) is 0.764. The number of aryl methyl sites for hydroxylation is 2. The zero-order valence-corrected chi connectivity index (χ0v) is 12.1. The van der Waals surface area contributed by atoms with Crippen LogP contribution in [0, 0.1) is 13.8 Å². The third-order valence-electron chi connectivity index (χ3n) is 3.09. The number of aromatic amines is 1. The summed E-state index contributed by atoms with van der Waals surface area (Å²) in [6.45, 7) is 3.72. The molecule has 0 atom stereocenters. The van der Waals surface area contributed by atoms with Crippen LogP contribution in [0.1, 0.15) is 23.4 Å². The predicted octanol–water partition coefficient (Wildman–Crippen LogP) is -0.0493. The highest BCUT2D eigenvalue weighted by atomic mass is 16.5. The molecular formula is C13H19N3O4. The number of likely N-dealkylation sites (N-methyl/N-ethyl adjacent to an activating group) is 1. The number of hydrogen-bond acceptors (Lipinski definition) is 5. The normalized spacial score (nSPS) is 10.2. The molecule has 7 heteroatoms. The number of methoxy groups -OCH3 is 1. The van der Waals surface area contributed by atoms with Crippen LogP contribution in [0.4, 0.5) is 0 Å². The number of nitrogens with zero attached hydrogens (tertiary/aromatic N) is 2. The Hall–Kier alpha value is -2.18. The highest BCUT2D eigenvalue weighted by Gasteiger charge is 2.15. The highest BCUT2D eigenvalue weighted by Crippen LogP contribution is 2.09. The summed E-state index contributed by atoms with van der Waals surface area (Å²) in [6.07, 6.45) is 0.291. The van der Waals surface area contributed by atoms with Gasteiger partial charge in [-0.25, -0.2) is 4.79 Å². The first-order valence-corrected chi connectivity index (χ1v) is 6.22. The van der Waals surface area contributed by atoms with Gasteiger partial charge >= 0.3 is 11.7 Å². The van der Waals surface area contributed by atoms with E-state index in [1.807, 2.05) is 0 Å². The predicted molar refractivity (Wildman–Crippen MR) is 72.3 cm³/mol. The van der Waals surface area contributed by atoms with Crippen molar-refractivity contribution in [1.29, 1.82) is 0 Å². The van der Waals surface area contributed by atoms with Crippen LogP contribution in [-0.4, -0.2) is 47.4 Å². The number of H-pyrrole nitrogens is 1. The first kappa shape index (κ1) is 15.9. The third-order valence-corrected chi connectivity index (χ3v) is 3.09. The van der Waals surface area contributed by atoms with Gasteiger partial charge in [-0.15, -0.1) is 0 Å². The second-order valence-electron chi connectivity index (χ2n) is 4.55. The monoisotopic (exact) mass is 281 g/mol. The van der Waals surface area contributed by atoms with E-state index in [0.717, 1.165) is 0 Å². The van der Waals surface area contributed by atoms with Crippen molar-refractivity contribution in [2.45, 2.75) is 26.7 Å². The van der Waals surface area contributed by atoms with Gasteiger partial charge in [-0.1, -0.05) is 0 Å². The number of hydrogen-bond donors (Lipinski definition) is 1. The molecule has 1 heterocycles. The summed E-state index contributed by atoms with van der Waals surface area (Å²) >= 11 is 0. The summed E-state index contributed by atoms with van der Waals surface area (Å²) in [5.41, 5.74) is 1.47. The molecule has 0 bridgehead atoms. The van der Waals surface area contributed by atoms with E-state index in [9.17, 15) is 14.4 Å². The average Bonchev–Trinajstić information content (AvgIpc) is 2.39. The Balaban J connectivity index is 2.71. The largest absolute Gasteiger partial charge is 0.469 e. The lowest BCUT2D eigenvalue weighted by atomic mass is 10.1. The number of amides is 1. The van der Waals surface area contributed by atoms with E-state index in [2.05, 4.69) is 14.7 Å². The van der Waals surface area contributed by atoms with E-state index in [4.69, 9.17) is 0 Å². The van der Waals surface area contributed by atoms with Crippen molar-refractivity contribution in [3.8, 4) is 0 Å². The van der Waals surface area contributed by atoms with Gasteiger partial charge in [0.2, 0.25) is 5.91 Å². The Labute approximate surface area is 117 Å². The molecule has 1 N–H and O–H groups in total. The van der Waals surface area contributed by atoms with E-state index in [1.165, 1.54) is 12.0 Å². The second kappa shape index (κ2) is 6.83. The maximum absolute atomic E-state index is 12.1. The molecule has 110 valence electrons. The minimum Gasteiger partial charge on any atom is -0.469 e. The molecule has 0 fully saturated rings. The van der Waals surface area contributed by atoms with Gasteiger partial charge in [-0.3, -0.25) is 9.59 Å². The molecule has 0 saturated carbocycles. The minimum atomic E-state index is -0.421. The summed E-state index contributed by atoms with van der Waals surface area (Å²) < 4.78 is 4.52. The Kier molecular flexibility index (Phi) is 5.42. The van der Waals surface area contributed by atoms with Crippen LogP contribution < -0.4 is 5.69 Å². The lowest BCUT2D eigenvalue weighted by Gasteiger charge is -2.17. The maximum atomic E-state index is 12.1. The van der Waals surface area contributed by atoms with E-state index >= 15 is 0 Å². The molecule has 1 amide bonds. The van der Waals surface area contributed by atoms with Crippen molar-refractivity contribution >= 4 is 11.9 Å². The van der Waals surface area contributed by atoms with Crippen molar-refractivity contribution in [3.05, 3.63) is 27.4 Å². The molecular weight excluding hydrogens is 262 g/mol. The Bertz CT molecular complexity index is 539. The minimum absolute atomic E-state index is 0.138. The van der Waals surface area contributed by atoms with Crippen molar-refractivity contribution in [1.82, 2.24) is 14.9 Å². The molecule has 1 aromatic heterocycles. The van der Waals surface area contributed by atoms with Crippen molar-refractivity contribution < 1.29 is 14.3 Å². The second-order valence-corrected chi connectivity index (χ2v) is 4.55. The molecule has 0 radical (unpaired) electrons. The van der Waals surface area contributed by atoms with E-state index in [1.54, 1.807) is 20.9 Å². The van der Waals surface area contributed by atoms with Crippen LogP contribution in [-0.2, 0) is 20.7 Å². The molecule has 20 heavy (non-hydrogen) atoms. The SMILES string of the molecule is COC(=O)CCN(C)C(=O)Cc1c(C)nc(=O)[nH]c1C. The third kappa shape index (κ3) is 4.18. The van der Waals surface area contributed by atoms with E-state index in [-0.39, 0.29) is 24.7 Å². The van der Waals surface area contributed by atoms with Crippen LogP contribution >= 0.6 is 0 Å². The number of rotatable bonds is 5. The Morgan fingerprint density at radius 1 is 1.35 bits per heavy atom. The molecule has 0 aliphatic carbocycles. The van der Waals surface area contributed by atoms with Gasteiger partial charge < -0.3 is 14.6 Å². The zero-order valence-electron chi connectivity index (χ0n) is 12.1. The fourth-order valence-corrected chi connectivity index (χ4v) is 1.79. The van der Waals surface area contributed by atoms with Crippen molar-refractivity contribution in [3.63, 3.8) is 0 Å². The molecule has 1 aromatic rings. The fourth-order valence-electron chi connectivity index (χ4n) is 1.79. The topological polar surface area (TPSA) is 92.4 Å². The van der Waals surface area contributed by atoms with Crippen LogP contribution in [0.15, 0.2) is 4.79 Å². The number of carbonyl (C=O) groups excluding carboxylic acids is 2. The van der Waals surface area contributed by atoms with Gasteiger partial charge in [0, 0.05) is 30.5 Å². The number of aromatic nitrogens is 2. The zero-order chi connectivity index (χ0) is 15.3. The molecule has 0 aliphatic rings. The molecule has 0 saturated heterocycles. The number of nitrogens with one attached hydrogen (secondary N) is 1. The summed E-state index contributed by atoms with van der Waals surface area (Å²) in [5, 5.41) is 0. The van der Waals surface area contributed by atoms with Crippen molar-refractivity contribution in [2.24, 2.45) is 0 Å². The van der Waals surface area contributed by atoms with Gasteiger partial charge in [-0.2, -0.15) is 4.98 Å². The Morgan fingerprint density at radius 2 is 2.00 bits per heavy atom. The van der Waals surface area contributed by atoms with Gasteiger partial charge in [-0.05, 0) is 13.8 Å². The fraction of sp³-hybridized carbons (Fsp3) is 0.538. The van der Waals surface area contributed by atoms with Crippen LogP contribution in [0.25, 0.3) is 0 Å². The average molecular weight is 281 g/mol. The lowest BCUT2D eigenvalue weighted by Crippen LogP contribution is -2.31. The van der Waals surface area contributed by atoms with Gasteiger partial charge in [0.15, 0.2) is 0 Å². The van der Waals surface area contributed by atoms with Gasteiger partial charge in [0.1, 0.15) is 0 Å². The standard InChI is InChI=1S/C13H19N3O4/c1-8-10(9(2)15-13(19)14-8)7-11(17)16(3)6-5-12(18)20-4/h5-7H2,1-4H3,(H,14,15,19). The number of carbonyl (C=O) groups is 2. The first-order valence-electron chi connectivity index (χ1n) is 6.22. The van der Waals surface area contributed by atoms with Crippen LogP contribution in [0.3, 0.4) is 0 Å². The molecule has 1 rings (SSSR count).